The molecule has 0 spiro atoms. The third-order valence-corrected chi connectivity index (χ3v) is 4.35. The number of aromatic nitrogens is 3. The molecular formula is C18H22N4O. The van der Waals surface area contributed by atoms with Crippen LogP contribution in [-0.4, -0.2) is 26.8 Å². The quantitative estimate of drug-likeness (QED) is 0.786. The maximum atomic E-state index is 12.2. The Balaban J connectivity index is 1.58. The maximum Gasteiger partial charge on any atom is 0.239 e. The maximum absolute atomic E-state index is 12.2. The lowest BCUT2D eigenvalue weighted by atomic mass is 10.1. The highest BCUT2D eigenvalue weighted by Gasteiger charge is 2.10. The Hall–Kier alpha value is -2.56. The topological polar surface area (TPSA) is 51.9 Å². The Bertz CT molecular complexity index is 844. The minimum absolute atomic E-state index is 0.0329. The third kappa shape index (κ3) is 3.13. The van der Waals surface area contributed by atoms with Gasteiger partial charge in [0, 0.05) is 31.0 Å². The Morgan fingerprint density at radius 3 is 2.74 bits per heavy atom. The van der Waals surface area contributed by atoms with E-state index < -0.39 is 0 Å². The van der Waals surface area contributed by atoms with Crippen molar-refractivity contribution in [3.05, 3.63) is 53.5 Å². The number of carbonyl (C=O) groups is 1. The van der Waals surface area contributed by atoms with Crippen LogP contribution in [0.15, 0.2) is 36.5 Å². The minimum Gasteiger partial charge on any atom is -0.354 e. The highest BCUT2D eigenvalue weighted by atomic mass is 16.1. The fourth-order valence-electron chi connectivity index (χ4n) is 3.00. The Morgan fingerprint density at radius 2 is 2.00 bits per heavy atom. The molecule has 2 aromatic heterocycles. The number of rotatable bonds is 5. The zero-order valence-corrected chi connectivity index (χ0v) is 13.8. The molecule has 0 saturated heterocycles. The molecule has 23 heavy (non-hydrogen) atoms. The highest BCUT2D eigenvalue weighted by Crippen LogP contribution is 2.15. The predicted molar refractivity (Wildman–Crippen MR) is 91.3 cm³/mol. The lowest BCUT2D eigenvalue weighted by molar-refractivity contribution is -0.121. The Morgan fingerprint density at radius 1 is 1.22 bits per heavy atom. The van der Waals surface area contributed by atoms with E-state index in [-0.39, 0.29) is 5.91 Å². The van der Waals surface area contributed by atoms with Gasteiger partial charge in [0.05, 0.1) is 5.69 Å². The second-order valence-corrected chi connectivity index (χ2v) is 5.88. The van der Waals surface area contributed by atoms with Crippen LogP contribution in [0, 0.1) is 13.8 Å². The summed E-state index contributed by atoms with van der Waals surface area (Å²) in [6, 6.07) is 10.1. The summed E-state index contributed by atoms with van der Waals surface area (Å²) in [6.45, 7) is 5.04. The fraction of sp³-hybridized carbons (Fsp3) is 0.333. The number of amides is 1. The average Bonchev–Trinajstić information content (AvgIpc) is 3.03. The van der Waals surface area contributed by atoms with Crippen LogP contribution in [0.2, 0.25) is 0 Å². The molecule has 0 atom stereocenters. The van der Waals surface area contributed by atoms with E-state index in [4.69, 9.17) is 0 Å². The van der Waals surface area contributed by atoms with Crippen molar-refractivity contribution in [1.82, 2.24) is 19.7 Å². The molecule has 5 heteroatoms. The second kappa shape index (κ2) is 6.28. The average molecular weight is 310 g/mol. The van der Waals surface area contributed by atoms with Crippen LogP contribution in [0.1, 0.15) is 17.0 Å². The molecule has 5 nitrogen and oxygen atoms in total. The number of carbonyl (C=O) groups excluding carboxylic acids is 1. The van der Waals surface area contributed by atoms with Gasteiger partial charge in [-0.25, -0.2) is 0 Å². The molecule has 2 heterocycles. The number of para-hydroxylation sites is 1. The van der Waals surface area contributed by atoms with Crippen molar-refractivity contribution in [2.75, 3.05) is 6.54 Å². The van der Waals surface area contributed by atoms with E-state index in [2.05, 4.69) is 23.4 Å². The summed E-state index contributed by atoms with van der Waals surface area (Å²) in [5.41, 5.74) is 4.50. The molecule has 0 fully saturated rings. The molecule has 1 aromatic carbocycles. The van der Waals surface area contributed by atoms with E-state index >= 15 is 0 Å². The molecule has 0 aliphatic carbocycles. The summed E-state index contributed by atoms with van der Waals surface area (Å²) in [5.74, 6) is 0.0329. The second-order valence-electron chi connectivity index (χ2n) is 5.88. The lowest BCUT2D eigenvalue weighted by Crippen LogP contribution is -2.29. The number of benzene rings is 1. The van der Waals surface area contributed by atoms with Crippen LogP contribution in [0.5, 0.6) is 0 Å². The SMILES string of the molecule is Cc1nn(C)c(C)c1CCNC(=O)Cn1ccc2ccccc21. The molecular weight excluding hydrogens is 288 g/mol. The molecule has 120 valence electrons. The van der Waals surface area contributed by atoms with Crippen molar-refractivity contribution in [3.8, 4) is 0 Å². The Labute approximate surface area is 135 Å². The summed E-state index contributed by atoms with van der Waals surface area (Å²) in [4.78, 5) is 12.2. The third-order valence-electron chi connectivity index (χ3n) is 4.35. The summed E-state index contributed by atoms with van der Waals surface area (Å²) in [6.07, 6.45) is 2.77. The number of aryl methyl sites for hydroxylation is 2. The molecule has 3 rings (SSSR count). The first kappa shape index (κ1) is 15.3. The van der Waals surface area contributed by atoms with Crippen molar-refractivity contribution >= 4 is 16.8 Å². The van der Waals surface area contributed by atoms with Gasteiger partial charge in [-0.1, -0.05) is 18.2 Å². The van der Waals surface area contributed by atoms with Gasteiger partial charge in [0.1, 0.15) is 6.54 Å². The summed E-state index contributed by atoms with van der Waals surface area (Å²) in [7, 11) is 1.95. The zero-order chi connectivity index (χ0) is 16.4. The van der Waals surface area contributed by atoms with E-state index in [1.54, 1.807) is 0 Å². The van der Waals surface area contributed by atoms with E-state index in [1.807, 2.05) is 53.7 Å². The van der Waals surface area contributed by atoms with Gasteiger partial charge < -0.3 is 9.88 Å². The van der Waals surface area contributed by atoms with Crippen LogP contribution < -0.4 is 5.32 Å². The van der Waals surface area contributed by atoms with E-state index in [0.717, 1.165) is 28.7 Å². The van der Waals surface area contributed by atoms with Crippen LogP contribution in [0.3, 0.4) is 0 Å². The molecule has 0 bridgehead atoms. The van der Waals surface area contributed by atoms with Crippen LogP contribution in [0.4, 0.5) is 0 Å². The minimum atomic E-state index is 0.0329. The van der Waals surface area contributed by atoms with Crippen LogP contribution >= 0.6 is 0 Å². The first-order valence-electron chi connectivity index (χ1n) is 7.86. The first-order chi connectivity index (χ1) is 11.1. The van der Waals surface area contributed by atoms with Gasteiger partial charge >= 0.3 is 0 Å². The fourth-order valence-corrected chi connectivity index (χ4v) is 3.00. The van der Waals surface area contributed by atoms with Gasteiger partial charge in [-0.05, 0) is 43.4 Å². The Kier molecular flexibility index (Phi) is 4.19. The summed E-state index contributed by atoms with van der Waals surface area (Å²) < 4.78 is 3.86. The lowest BCUT2D eigenvalue weighted by Gasteiger charge is -2.08. The van der Waals surface area contributed by atoms with Crippen molar-refractivity contribution in [2.24, 2.45) is 7.05 Å². The van der Waals surface area contributed by atoms with Crippen LogP contribution in [0.25, 0.3) is 10.9 Å². The van der Waals surface area contributed by atoms with Gasteiger partial charge in [-0.2, -0.15) is 5.10 Å². The highest BCUT2D eigenvalue weighted by molar-refractivity contribution is 5.83. The van der Waals surface area contributed by atoms with E-state index in [1.165, 1.54) is 5.56 Å². The van der Waals surface area contributed by atoms with Gasteiger partial charge in [0.25, 0.3) is 0 Å². The van der Waals surface area contributed by atoms with Crippen molar-refractivity contribution < 1.29 is 4.79 Å². The monoisotopic (exact) mass is 310 g/mol. The van der Waals surface area contributed by atoms with E-state index in [0.29, 0.717) is 13.1 Å². The van der Waals surface area contributed by atoms with Gasteiger partial charge in [0.15, 0.2) is 0 Å². The van der Waals surface area contributed by atoms with E-state index in [9.17, 15) is 4.79 Å². The van der Waals surface area contributed by atoms with Crippen molar-refractivity contribution in [1.29, 1.82) is 0 Å². The number of nitrogens with one attached hydrogen (secondary N) is 1. The molecule has 1 amide bonds. The molecule has 0 aliphatic heterocycles. The number of hydrogen-bond acceptors (Lipinski definition) is 2. The summed E-state index contributed by atoms with van der Waals surface area (Å²) in [5, 5.41) is 8.56. The smallest absolute Gasteiger partial charge is 0.239 e. The normalized spacial score (nSPS) is 11.1. The number of nitrogens with zero attached hydrogens (tertiary/aromatic N) is 3. The standard InChI is InChI=1S/C18H22N4O/c1-13-16(14(2)21(3)20-13)8-10-19-18(23)12-22-11-9-15-6-4-5-7-17(15)22/h4-7,9,11H,8,10,12H2,1-3H3,(H,19,23). The van der Waals surface area contributed by atoms with Gasteiger partial charge in [-0.3, -0.25) is 9.48 Å². The number of hydrogen-bond donors (Lipinski definition) is 1. The summed E-state index contributed by atoms with van der Waals surface area (Å²) >= 11 is 0. The molecule has 0 radical (unpaired) electrons. The molecule has 0 aliphatic rings. The predicted octanol–water partition coefficient (Wildman–Crippen LogP) is 2.35. The largest absolute Gasteiger partial charge is 0.354 e. The van der Waals surface area contributed by atoms with Gasteiger partial charge in [-0.15, -0.1) is 0 Å². The van der Waals surface area contributed by atoms with Gasteiger partial charge in [0.2, 0.25) is 5.91 Å². The molecule has 0 unspecified atom stereocenters. The molecule has 3 aromatic rings. The molecule has 0 saturated carbocycles. The van der Waals surface area contributed by atoms with Crippen LogP contribution in [-0.2, 0) is 24.8 Å². The van der Waals surface area contributed by atoms with Crippen molar-refractivity contribution in [3.63, 3.8) is 0 Å². The first-order valence-corrected chi connectivity index (χ1v) is 7.86. The molecule has 1 N–H and O–H groups in total. The number of fused-ring (bicyclic) bond motifs is 1. The van der Waals surface area contributed by atoms with Crippen molar-refractivity contribution in [2.45, 2.75) is 26.8 Å². The zero-order valence-electron chi connectivity index (χ0n) is 13.8.